The molecule has 0 unspecified atom stereocenters. The topological polar surface area (TPSA) is 56.5 Å². The van der Waals surface area contributed by atoms with E-state index in [4.69, 9.17) is 14.6 Å². The Hall–Kier alpha value is -1.85. The van der Waals surface area contributed by atoms with Crippen molar-refractivity contribution in [3.05, 3.63) is 48.0 Å². The number of hydrogen-bond acceptors (Lipinski definition) is 4. The van der Waals surface area contributed by atoms with E-state index >= 15 is 0 Å². The van der Waals surface area contributed by atoms with Gasteiger partial charge >= 0.3 is 0 Å². The van der Waals surface area contributed by atoms with Gasteiger partial charge in [-0.3, -0.25) is 0 Å². The molecule has 19 heavy (non-hydrogen) atoms. The van der Waals surface area contributed by atoms with Crippen LogP contribution in [0.3, 0.4) is 0 Å². The van der Waals surface area contributed by atoms with E-state index in [0.29, 0.717) is 19.8 Å². The molecular formula is C14H18N2O3. The van der Waals surface area contributed by atoms with Crippen molar-refractivity contribution in [1.82, 2.24) is 9.55 Å². The predicted molar refractivity (Wildman–Crippen MR) is 70.8 cm³/mol. The van der Waals surface area contributed by atoms with Gasteiger partial charge in [-0.05, 0) is 17.7 Å². The van der Waals surface area contributed by atoms with E-state index in [1.165, 1.54) is 0 Å². The summed E-state index contributed by atoms with van der Waals surface area (Å²) in [5.74, 6) is 1.66. The lowest BCUT2D eigenvalue weighted by Gasteiger charge is -2.07. The molecule has 0 atom stereocenters. The minimum Gasteiger partial charge on any atom is -0.497 e. The van der Waals surface area contributed by atoms with Gasteiger partial charge in [0.25, 0.3) is 0 Å². The number of methoxy groups -OCH3 is 1. The molecule has 5 heteroatoms. The number of aromatic nitrogens is 2. The number of hydrogen-bond donors (Lipinski definition) is 1. The number of nitrogens with zero attached hydrogens (tertiary/aromatic N) is 2. The Morgan fingerprint density at radius 3 is 2.68 bits per heavy atom. The molecule has 1 N–H and O–H groups in total. The van der Waals surface area contributed by atoms with Gasteiger partial charge in [-0.15, -0.1) is 0 Å². The van der Waals surface area contributed by atoms with Crippen molar-refractivity contribution in [3.8, 4) is 5.75 Å². The Kier molecular flexibility index (Phi) is 4.94. The minimum absolute atomic E-state index is 0.0990. The maximum atomic E-state index is 8.91. The first kappa shape index (κ1) is 13.6. The summed E-state index contributed by atoms with van der Waals surface area (Å²) >= 11 is 0. The summed E-state index contributed by atoms with van der Waals surface area (Å²) in [7, 11) is 1.65. The minimum atomic E-state index is 0.0990. The molecule has 0 bridgehead atoms. The summed E-state index contributed by atoms with van der Waals surface area (Å²) in [5, 5.41) is 8.91. The Labute approximate surface area is 112 Å². The highest BCUT2D eigenvalue weighted by Gasteiger charge is 2.02. The number of aliphatic hydroxyl groups excluding tert-OH is 1. The molecular weight excluding hydrogens is 244 g/mol. The lowest BCUT2D eigenvalue weighted by molar-refractivity contribution is 0.0984. The molecule has 0 radical (unpaired) electrons. The highest BCUT2D eigenvalue weighted by atomic mass is 16.5. The van der Waals surface area contributed by atoms with Gasteiger partial charge in [0, 0.05) is 18.9 Å². The Morgan fingerprint density at radius 2 is 2.00 bits per heavy atom. The number of aliphatic hydroxyl groups is 1. The normalized spacial score (nSPS) is 10.6. The maximum absolute atomic E-state index is 8.91. The molecule has 2 aromatic rings. The van der Waals surface area contributed by atoms with Crippen LogP contribution in [0, 0.1) is 0 Å². The Morgan fingerprint density at radius 1 is 1.21 bits per heavy atom. The second kappa shape index (κ2) is 6.92. The molecule has 1 heterocycles. The molecule has 0 saturated carbocycles. The molecule has 0 saturated heterocycles. The monoisotopic (exact) mass is 262 g/mol. The van der Waals surface area contributed by atoms with E-state index in [2.05, 4.69) is 4.98 Å². The van der Waals surface area contributed by atoms with Crippen molar-refractivity contribution in [3.63, 3.8) is 0 Å². The zero-order valence-corrected chi connectivity index (χ0v) is 11.0. The maximum Gasteiger partial charge on any atom is 0.134 e. The highest BCUT2D eigenvalue weighted by molar-refractivity contribution is 5.26. The zero-order valence-electron chi connectivity index (χ0n) is 11.0. The van der Waals surface area contributed by atoms with Gasteiger partial charge in [0.2, 0.25) is 0 Å². The number of imidazole rings is 1. The van der Waals surface area contributed by atoms with Crippen LogP contribution >= 0.6 is 0 Å². The van der Waals surface area contributed by atoms with Gasteiger partial charge in [0.15, 0.2) is 0 Å². The van der Waals surface area contributed by atoms with Gasteiger partial charge in [-0.2, -0.15) is 0 Å². The fraction of sp³-hybridized carbons (Fsp3) is 0.357. The molecule has 0 amide bonds. The van der Waals surface area contributed by atoms with Gasteiger partial charge in [0.1, 0.15) is 18.2 Å². The van der Waals surface area contributed by atoms with Gasteiger partial charge in [0.05, 0.1) is 20.3 Å². The summed E-state index contributed by atoms with van der Waals surface area (Å²) < 4.78 is 12.6. The third-order valence-electron chi connectivity index (χ3n) is 2.80. The molecule has 1 aromatic carbocycles. The smallest absolute Gasteiger partial charge is 0.134 e. The molecule has 0 spiro atoms. The first-order chi connectivity index (χ1) is 9.33. The average Bonchev–Trinajstić information content (AvgIpc) is 2.88. The third kappa shape index (κ3) is 3.81. The molecule has 0 fully saturated rings. The van der Waals surface area contributed by atoms with Gasteiger partial charge < -0.3 is 19.1 Å². The molecule has 1 aromatic heterocycles. The zero-order chi connectivity index (χ0) is 13.5. The van der Waals surface area contributed by atoms with Gasteiger partial charge in [-0.1, -0.05) is 12.1 Å². The molecule has 0 aliphatic rings. The lowest BCUT2D eigenvalue weighted by Crippen LogP contribution is -2.07. The molecule has 0 aliphatic carbocycles. The van der Waals surface area contributed by atoms with Crippen molar-refractivity contribution in [2.24, 2.45) is 0 Å². The summed E-state index contributed by atoms with van der Waals surface area (Å²) in [6.45, 7) is 1.60. The van der Waals surface area contributed by atoms with Crippen molar-refractivity contribution < 1.29 is 14.6 Å². The van der Waals surface area contributed by atoms with Crippen LogP contribution in [0.4, 0.5) is 0 Å². The van der Waals surface area contributed by atoms with E-state index in [-0.39, 0.29) is 6.61 Å². The molecule has 2 rings (SSSR count). The van der Waals surface area contributed by atoms with E-state index in [9.17, 15) is 0 Å². The Balaban J connectivity index is 1.83. The van der Waals surface area contributed by atoms with E-state index in [0.717, 1.165) is 17.1 Å². The van der Waals surface area contributed by atoms with E-state index in [1.54, 1.807) is 13.3 Å². The van der Waals surface area contributed by atoms with Crippen LogP contribution in [-0.4, -0.2) is 28.4 Å². The van der Waals surface area contributed by atoms with Crippen LogP contribution in [-0.2, 0) is 24.5 Å². The second-order valence-electron chi connectivity index (χ2n) is 4.10. The summed E-state index contributed by atoms with van der Waals surface area (Å²) in [4.78, 5) is 4.20. The summed E-state index contributed by atoms with van der Waals surface area (Å²) in [6, 6.07) is 7.76. The molecule has 102 valence electrons. The SMILES string of the molecule is COc1ccc(COCc2nccn2CCO)cc1. The van der Waals surface area contributed by atoms with Crippen molar-refractivity contribution in [2.45, 2.75) is 19.8 Å². The molecule has 0 aliphatic heterocycles. The fourth-order valence-electron chi connectivity index (χ4n) is 1.77. The quantitative estimate of drug-likeness (QED) is 0.823. The number of rotatable bonds is 7. The van der Waals surface area contributed by atoms with Crippen LogP contribution in [0.5, 0.6) is 5.75 Å². The van der Waals surface area contributed by atoms with E-state index < -0.39 is 0 Å². The van der Waals surface area contributed by atoms with Crippen molar-refractivity contribution >= 4 is 0 Å². The first-order valence-electron chi connectivity index (χ1n) is 6.15. The lowest BCUT2D eigenvalue weighted by atomic mass is 10.2. The van der Waals surface area contributed by atoms with Crippen molar-refractivity contribution in [2.75, 3.05) is 13.7 Å². The second-order valence-corrected chi connectivity index (χ2v) is 4.10. The first-order valence-corrected chi connectivity index (χ1v) is 6.15. The van der Waals surface area contributed by atoms with Gasteiger partial charge in [-0.25, -0.2) is 4.98 Å². The Bertz CT molecular complexity index is 494. The fourth-order valence-corrected chi connectivity index (χ4v) is 1.77. The van der Waals surface area contributed by atoms with E-state index in [1.807, 2.05) is 35.0 Å². The standard InChI is InChI=1S/C14H18N2O3/c1-18-13-4-2-12(3-5-13)10-19-11-14-15-6-7-16(14)8-9-17/h2-7,17H,8-11H2,1H3. The van der Waals surface area contributed by atoms with Crippen LogP contribution in [0.25, 0.3) is 0 Å². The average molecular weight is 262 g/mol. The van der Waals surface area contributed by atoms with Crippen LogP contribution in [0.1, 0.15) is 11.4 Å². The van der Waals surface area contributed by atoms with Crippen LogP contribution < -0.4 is 4.74 Å². The third-order valence-corrected chi connectivity index (χ3v) is 2.80. The number of ether oxygens (including phenoxy) is 2. The summed E-state index contributed by atoms with van der Waals surface area (Å²) in [5.41, 5.74) is 1.08. The van der Waals surface area contributed by atoms with Crippen LogP contribution in [0.2, 0.25) is 0 Å². The largest absolute Gasteiger partial charge is 0.497 e. The van der Waals surface area contributed by atoms with Crippen molar-refractivity contribution in [1.29, 1.82) is 0 Å². The predicted octanol–water partition coefficient (Wildman–Crippen LogP) is 1.60. The summed E-state index contributed by atoms with van der Waals surface area (Å²) in [6.07, 6.45) is 3.55. The highest BCUT2D eigenvalue weighted by Crippen LogP contribution is 2.12. The molecule has 5 nitrogen and oxygen atoms in total. The van der Waals surface area contributed by atoms with Crippen LogP contribution in [0.15, 0.2) is 36.7 Å². The number of benzene rings is 1.